The zero-order valence-electron chi connectivity index (χ0n) is 9.10. The van der Waals surface area contributed by atoms with Crippen molar-refractivity contribution in [2.45, 2.75) is 13.3 Å². The van der Waals surface area contributed by atoms with Gasteiger partial charge in [0.15, 0.2) is 11.3 Å². The number of thiazole rings is 1. The van der Waals surface area contributed by atoms with Gasteiger partial charge >= 0.3 is 0 Å². The molecular weight excluding hydrogens is 260 g/mol. The molecule has 1 saturated heterocycles. The Bertz CT molecular complexity index is 608. The lowest BCUT2D eigenvalue weighted by molar-refractivity contribution is 0.0648. The first kappa shape index (κ1) is 10.9. The Morgan fingerprint density at radius 3 is 2.76 bits per heavy atom. The summed E-state index contributed by atoms with van der Waals surface area (Å²) in [5.74, 6) is -0.0748. The van der Waals surface area contributed by atoms with E-state index >= 15 is 0 Å². The van der Waals surface area contributed by atoms with Gasteiger partial charge in [0.2, 0.25) is 5.28 Å². The standard InChI is InChI=1S/C10H9ClN4OS/c1-5-12-8-7(17-5)6(13-10(11)14-8)9(16)15-3-2-4-15/h2-4H2,1H3. The van der Waals surface area contributed by atoms with Crippen molar-refractivity contribution in [3.05, 3.63) is 16.0 Å². The van der Waals surface area contributed by atoms with Crippen LogP contribution in [-0.4, -0.2) is 38.8 Å². The fraction of sp³-hybridized carbons (Fsp3) is 0.400. The number of hydrogen-bond acceptors (Lipinski definition) is 5. The molecule has 1 aliphatic rings. The van der Waals surface area contributed by atoms with E-state index in [0.29, 0.717) is 11.3 Å². The number of aromatic nitrogens is 3. The molecule has 0 saturated carbocycles. The third-order valence-electron chi connectivity index (χ3n) is 2.68. The number of fused-ring (bicyclic) bond motifs is 1. The Kier molecular flexibility index (Phi) is 2.48. The van der Waals surface area contributed by atoms with Crippen molar-refractivity contribution < 1.29 is 4.79 Å². The van der Waals surface area contributed by atoms with Crippen LogP contribution < -0.4 is 0 Å². The highest BCUT2D eigenvalue weighted by atomic mass is 35.5. The molecule has 0 unspecified atom stereocenters. The van der Waals surface area contributed by atoms with E-state index in [1.165, 1.54) is 11.3 Å². The number of aryl methyl sites for hydroxylation is 1. The van der Waals surface area contributed by atoms with Crippen molar-refractivity contribution in [3.8, 4) is 0 Å². The molecule has 1 fully saturated rings. The smallest absolute Gasteiger partial charge is 0.274 e. The summed E-state index contributed by atoms with van der Waals surface area (Å²) in [6, 6.07) is 0. The van der Waals surface area contributed by atoms with Crippen LogP contribution in [-0.2, 0) is 0 Å². The fourth-order valence-electron chi connectivity index (χ4n) is 1.72. The van der Waals surface area contributed by atoms with E-state index in [1.54, 1.807) is 4.90 Å². The number of nitrogens with zero attached hydrogens (tertiary/aromatic N) is 4. The molecule has 2 aromatic heterocycles. The molecule has 5 nitrogen and oxygen atoms in total. The van der Waals surface area contributed by atoms with Crippen LogP contribution in [0.4, 0.5) is 0 Å². The van der Waals surface area contributed by atoms with Gasteiger partial charge in [-0.2, -0.15) is 4.98 Å². The Morgan fingerprint density at radius 2 is 2.12 bits per heavy atom. The van der Waals surface area contributed by atoms with Crippen LogP contribution in [0.3, 0.4) is 0 Å². The molecule has 2 aromatic rings. The van der Waals surface area contributed by atoms with Crippen molar-refractivity contribution in [2.75, 3.05) is 13.1 Å². The van der Waals surface area contributed by atoms with Crippen molar-refractivity contribution in [1.29, 1.82) is 0 Å². The van der Waals surface area contributed by atoms with E-state index in [0.717, 1.165) is 29.2 Å². The molecule has 0 bridgehead atoms. The molecule has 3 heterocycles. The summed E-state index contributed by atoms with van der Waals surface area (Å²) in [5.41, 5.74) is 0.890. The lowest BCUT2D eigenvalue weighted by atomic mass is 10.2. The van der Waals surface area contributed by atoms with Gasteiger partial charge in [0, 0.05) is 13.1 Å². The summed E-state index contributed by atoms with van der Waals surface area (Å²) in [5, 5.41) is 0.931. The second-order valence-electron chi connectivity index (χ2n) is 3.87. The van der Waals surface area contributed by atoms with Crippen molar-refractivity contribution in [2.24, 2.45) is 0 Å². The van der Waals surface area contributed by atoms with Crippen LogP contribution >= 0.6 is 22.9 Å². The molecule has 0 N–H and O–H groups in total. The van der Waals surface area contributed by atoms with Crippen LogP contribution in [0.25, 0.3) is 10.3 Å². The zero-order chi connectivity index (χ0) is 12.0. The van der Waals surface area contributed by atoms with Gasteiger partial charge in [-0.15, -0.1) is 11.3 Å². The summed E-state index contributed by atoms with van der Waals surface area (Å²) in [6.45, 7) is 3.46. The first-order chi connectivity index (χ1) is 8.15. The highest BCUT2D eigenvalue weighted by Crippen LogP contribution is 2.26. The van der Waals surface area contributed by atoms with Gasteiger partial charge in [-0.1, -0.05) is 0 Å². The Labute approximate surface area is 106 Å². The van der Waals surface area contributed by atoms with Gasteiger partial charge < -0.3 is 4.90 Å². The number of rotatable bonds is 1. The highest BCUT2D eigenvalue weighted by molar-refractivity contribution is 7.18. The average molecular weight is 269 g/mol. The van der Waals surface area contributed by atoms with Crippen LogP contribution in [0.2, 0.25) is 5.28 Å². The minimum Gasteiger partial charge on any atom is -0.337 e. The number of amides is 1. The third-order valence-corrected chi connectivity index (χ3v) is 3.82. The van der Waals surface area contributed by atoms with Crippen molar-refractivity contribution >= 4 is 39.2 Å². The molecule has 17 heavy (non-hydrogen) atoms. The van der Waals surface area contributed by atoms with E-state index in [2.05, 4.69) is 15.0 Å². The lowest BCUT2D eigenvalue weighted by Gasteiger charge is -2.30. The monoisotopic (exact) mass is 268 g/mol. The Hall–Kier alpha value is -1.27. The molecule has 3 rings (SSSR count). The topological polar surface area (TPSA) is 59.0 Å². The van der Waals surface area contributed by atoms with Crippen LogP contribution in [0.5, 0.6) is 0 Å². The number of halogens is 1. The molecule has 1 amide bonds. The first-order valence-corrected chi connectivity index (χ1v) is 6.44. The molecule has 1 aliphatic heterocycles. The van der Waals surface area contributed by atoms with Crippen LogP contribution in [0.15, 0.2) is 0 Å². The summed E-state index contributed by atoms with van der Waals surface area (Å²) < 4.78 is 0.726. The average Bonchev–Trinajstić information content (AvgIpc) is 2.53. The molecule has 0 aliphatic carbocycles. The number of likely N-dealkylation sites (tertiary alicyclic amines) is 1. The van der Waals surface area contributed by atoms with E-state index in [1.807, 2.05) is 6.92 Å². The zero-order valence-corrected chi connectivity index (χ0v) is 10.7. The summed E-state index contributed by atoms with van der Waals surface area (Å²) in [7, 11) is 0. The SMILES string of the molecule is Cc1nc2nc(Cl)nc(C(=O)N3CCC3)c2s1. The van der Waals surface area contributed by atoms with E-state index in [9.17, 15) is 4.79 Å². The molecule has 7 heteroatoms. The Balaban J connectivity index is 2.16. The van der Waals surface area contributed by atoms with Crippen LogP contribution in [0.1, 0.15) is 21.9 Å². The molecular formula is C10H9ClN4OS. The minimum atomic E-state index is -0.0748. The van der Waals surface area contributed by atoms with Crippen molar-refractivity contribution in [1.82, 2.24) is 19.9 Å². The van der Waals surface area contributed by atoms with Gasteiger partial charge in [-0.05, 0) is 24.9 Å². The molecule has 0 atom stereocenters. The first-order valence-electron chi connectivity index (χ1n) is 5.25. The number of hydrogen-bond donors (Lipinski definition) is 0. The summed E-state index contributed by atoms with van der Waals surface area (Å²) >= 11 is 7.24. The quantitative estimate of drug-likeness (QED) is 0.741. The molecule has 0 radical (unpaired) electrons. The van der Waals surface area contributed by atoms with E-state index < -0.39 is 0 Å². The highest BCUT2D eigenvalue weighted by Gasteiger charge is 2.26. The number of carbonyl (C=O) groups excluding carboxylic acids is 1. The largest absolute Gasteiger partial charge is 0.337 e. The molecule has 0 spiro atoms. The van der Waals surface area contributed by atoms with Gasteiger partial charge in [0.05, 0.1) is 5.01 Å². The third kappa shape index (κ3) is 1.77. The van der Waals surface area contributed by atoms with Crippen molar-refractivity contribution in [3.63, 3.8) is 0 Å². The minimum absolute atomic E-state index is 0.0748. The van der Waals surface area contributed by atoms with Gasteiger partial charge in [-0.3, -0.25) is 4.79 Å². The van der Waals surface area contributed by atoms with Gasteiger partial charge in [0.1, 0.15) is 4.70 Å². The predicted octanol–water partition coefficient (Wildman–Crippen LogP) is 1.89. The van der Waals surface area contributed by atoms with Gasteiger partial charge in [0.25, 0.3) is 5.91 Å². The maximum Gasteiger partial charge on any atom is 0.274 e. The molecule has 88 valence electrons. The second-order valence-corrected chi connectivity index (χ2v) is 5.41. The lowest BCUT2D eigenvalue weighted by Crippen LogP contribution is -2.42. The summed E-state index contributed by atoms with van der Waals surface area (Å²) in [4.78, 5) is 26.2. The Morgan fingerprint density at radius 1 is 1.35 bits per heavy atom. The van der Waals surface area contributed by atoms with Gasteiger partial charge in [-0.25, -0.2) is 9.97 Å². The predicted molar refractivity (Wildman–Crippen MR) is 65.5 cm³/mol. The maximum absolute atomic E-state index is 12.2. The maximum atomic E-state index is 12.2. The summed E-state index contributed by atoms with van der Waals surface area (Å²) in [6.07, 6.45) is 1.05. The second kappa shape index (κ2) is 3.89. The van der Waals surface area contributed by atoms with E-state index in [-0.39, 0.29) is 11.2 Å². The van der Waals surface area contributed by atoms with Crippen LogP contribution in [0, 0.1) is 6.92 Å². The fourth-order valence-corrected chi connectivity index (χ4v) is 2.72. The number of carbonyl (C=O) groups is 1. The van der Waals surface area contributed by atoms with E-state index in [4.69, 9.17) is 11.6 Å². The normalized spacial score (nSPS) is 15.1. The molecule has 0 aromatic carbocycles.